The minimum atomic E-state index is 0.169. The van der Waals surface area contributed by atoms with Gasteiger partial charge < -0.3 is 10.2 Å². The summed E-state index contributed by atoms with van der Waals surface area (Å²) in [6.07, 6.45) is 2.07. The Morgan fingerprint density at radius 3 is 2.50 bits per heavy atom. The van der Waals surface area contributed by atoms with Gasteiger partial charge in [0.25, 0.3) is 5.91 Å². The van der Waals surface area contributed by atoms with Crippen LogP contribution < -0.4 is 5.32 Å². The zero-order chi connectivity index (χ0) is 15.5. The summed E-state index contributed by atoms with van der Waals surface area (Å²) in [6, 6.07) is 12.7. The van der Waals surface area contributed by atoms with Gasteiger partial charge in [0.15, 0.2) is 0 Å². The van der Waals surface area contributed by atoms with E-state index in [-0.39, 0.29) is 5.91 Å². The molecule has 1 aliphatic heterocycles. The highest BCUT2D eigenvalue weighted by atomic mass is 79.9. The lowest BCUT2D eigenvalue weighted by molar-refractivity contribution is 0.0712. The molecule has 1 fully saturated rings. The average molecular weight is 379 g/mol. The van der Waals surface area contributed by atoms with Crippen molar-refractivity contribution in [3.8, 4) is 10.4 Å². The van der Waals surface area contributed by atoms with Crippen LogP contribution in [-0.2, 0) is 0 Å². The molecule has 1 N–H and O–H groups in total. The molecule has 0 bridgehead atoms. The van der Waals surface area contributed by atoms with Gasteiger partial charge in [-0.25, -0.2) is 0 Å². The van der Waals surface area contributed by atoms with E-state index in [1.165, 1.54) is 0 Å². The first-order chi connectivity index (χ1) is 10.7. The van der Waals surface area contributed by atoms with E-state index < -0.39 is 0 Å². The molecule has 2 heterocycles. The Bertz CT molecular complexity index is 645. The first-order valence-electron chi connectivity index (χ1n) is 7.49. The van der Waals surface area contributed by atoms with Gasteiger partial charge in [0.05, 0.1) is 4.88 Å². The number of carbonyl (C=O) groups excluding carboxylic acids is 1. The average Bonchev–Trinajstić information content (AvgIpc) is 3.05. The molecule has 116 valence electrons. The van der Waals surface area contributed by atoms with Gasteiger partial charge >= 0.3 is 0 Å². The first kappa shape index (κ1) is 15.7. The lowest BCUT2D eigenvalue weighted by Gasteiger charge is -2.31. The maximum absolute atomic E-state index is 12.6. The second-order valence-corrected chi connectivity index (χ2v) is 7.53. The maximum atomic E-state index is 12.6. The number of piperidine rings is 1. The molecular formula is C17H19BrN2OS. The number of thiophene rings is 1. The van der Waals surface area contributed by atoms with Gasteiger partial charge in [-0.15, -0.1) is 11.3 Å². The van der Waals surface area contributed by atoms with E-state index in [1.54, 1.807) is 11.3 Å². The van der Waals surface area contributed by atoms with Crippen LogP contribution in [0.25, 0.3) is 10.4 Å². The third kappa shape index (κ3) is 3.42. The van der Waals surface area contributed by atoms with Crippen LogP contribution in [0.15, 0.2) is 40.9 Å². The van der Waals surface area contributed by atoms with Crippen LogP contribution in [0, 0.1) is 0 Å². The zero-order valence-electron chi connectivity index (χ0n) is 12.5. The fourth-order valence-electron chi connectivity index (χ4n) is 2.75. The van der Waals surface area contributed by atoms with E-state index in [4.69, 9.17) is 0 Å². The predicted octanol–water partition coefficient (Wildman–Crippen LogP) is 4.00. The van der Waals surface area contributed by atoms with Crippen molar-refractivity contribution in [2.45, 2.75) is 18.9 Å². The molecule has 1 aromatic carbocycles. The number of halogens is 1. The van der Waals surface area contributed by atoms with Crippen molar-refractivity contribution in [3.05, 3.63) is 45.7 Å². The van der Waals surface area contributed by atoms with Crippen molar-refractivity contribution < 1.29 is 4.79 Å². The Labute approximate surface area is 143 Å². The Balaban J connectivity index is 1.71. The smallest absolute Gasteiger partial charge is 0.263 e. The number of amides is 1. The molecule has 0 spiro atoms. The van der Waals surface area contributed by atoms with Gasteiger partial charge in [-0.2, -0.15) is 0 Å². The van der Waals surface area contributed by atoms with E-state index >= 15 is 0 Å². The van der Waals surface area contributed by atoms with E-state index in [0.717, 1.165) is 45.7 Å². The van der Waals surface area contributed by atoms with Crippen LogP contribution in [0.1, 0.15) is 22.5 Å². The summed E-state index contributed by atoms with van der Waals surface area (Å²) < 4.78 is 1.07. The molecular weight excluding hydrogens is 360 g/mol. The summed E-state index contributed by atoms with van der Waals surface area (Å²) in [7, 11) is 1.99. The summed E-state index contributed by atoms with van der Waals surface area (Å²) in [5.41, 5.74) is 1.15. The maximum Gasteiger partial charge on any atom is 0.263 e. The molecule has 0 atom stereocenters. The molecule has 0 aliphatic carbocycles. The lowest BCUT2D eigenvalue weighted by Crippen LogP contribution is -2.43. The van der Waals surface area contributed by atoms with Gasteiger partial charge in [-0.05, 0) is 49.7 Å². The third-order valence-electron chi connectivity index (χ3n) is 4.14. The summed E-state index contributed by atoms with van der Waals surface area (Å²) in [5, 5.41) is 3.29. The Morgan fingerprint density at radius 2 is 1.86 bits per heavy atom. The topological polar surface area (TPSA) is 32.3 Å². The molecule has 1 amide bonds. The normalized spacial score (nSPS) is 16.0. The van der Waals surface area contributed by atoms with Gasteiger partial charge in [0.1, 0.15) is 0 Å². The van der Waals surface area contributed by atoms with Crippen molar-refractivity contribution >= 4 is 33.2 Å². The van der Waals surface area contributed by atoms with Gasteiger partial charge in [0, 0.05) is 28.5 Å². The highest BCUT2D eigenvalue weighted by molar-refractivity contribution is 9.10. The van der Waals surface area contributed by atoms with Crippen molar-refractivity contribution in [1.29, 1.82) is 0 Å². The number of hydrogen-bond donors (Lipinski definition) is 1. The third-order valence-corrected chi connectivity index (χ3v) is 5.79. The van der Waals surface area contributed by atoms with Crippen molar-refractivity contribution in [3.63, 3.8) is 0 Å². The number of carbonyl (C=O) groups is 1. The SMILES string of the molecule is CNC1CCN(C(=O)c2ccc(-c3ccc(Br)cc3)s2)CC1. The van der Waals surface area contributed by atoms with Crippen LogP contribution in [0.5, 0.6) is 0 Å². The number of benzene rings is 1. The van der Waals surface area contributed by atoms with E-state index in [0.29, 0.717) is 6.04 Å². The van der Waals surface area contributed by atoms with Crippen molar-refractivity contribution in [2.75, 3.05) is 20.1 Å². The largest absolute Gasteiger partial charge is 0.338 e. The highest BCUT2D eigenvalue weighted by Crippen LogP contribution is 2.30. The summed E-state index contributed by atoms with van der Waals surface area (Å²) in [5.74, 6) is 0.169. The summed E-state index contributed by atoms with van der Waals surface area (Å²) in [6.45, 7) is 1.69. The molecule has 3 rings (SSSR count). The monoisotopic (exact) mass is 378 g/mol. The molecule has 2 aromatic rings. The zero-order valence-corrected chi connectivity index (χ0v) is 14.9. The molecule has 1 aromatic heterocycles. The standard InChI is InChI=1S/C17H19BrN2OS/c1-19-14-8-10-20(11-9-14)17(21)16-7-6-15(22-16)12-2-4-13(18)5-3-12/h2-7,14,19H,8-11H2,1H3. The molecule has 0 radical (unpaired) electrons. The molecule has 0 unspecified atom stereocenters. The Kier molecular flexibility index (Phi) is 4.96. The number of nitrogens with one attached hydrogen (secondary N) is 1. The van der Waals surface area contributed by atoms with Gasteiger partial charge in [-0.1, -0.05) is 28.1 Å². The second-order valence-electron chi connectivity index (χ2n) is 5.53. The van der Waals surface area contributed by atoms with Crippen LogP contribution in [0.4, 0.5) is 0 Å². The summed E-state index contributed by atoms with van der Waals surface area (Å²) >= 11 is 5.02. The molecule has 1 saturated heterocycles. The minimum absolute atomic E-state index is 0.169. The molecule has 5 heteroatoms. The first-order valence-corrected chi connectivity index (χ1v) is 9.10. The lowest BCUT2D eigenvalue weighted by atomic mass is 10.1. The van der Waals surface area contributed by atoms with Crippen molar-refractivity contribution in [1.82, 2.24) is 10.2 Å². The van der Waals surface area contributed by atoms with E-state index in [9.17, 15) is 4.79 Å². The minimum Gasteiger partial charge on any atom is -0.338 e. The van der Waals surface area contributed by atoms with Crippen molar-refractivity contribution in [2.24, 2.45) is 0 Å². The predicted molar refractivity (Wildman–Crippen MR) is 95.4 cm³/mol. The number of rotatable bonds is 3. The number of nitrogens with zero attached hydrogens (tertiary/aromatic N) is 1. The van der Waals surface area contributed by atoms with Crippen LogP contribution in [-0.4, -0.2) is 37.0 Å². The Hall–Kier alpha value is -1.17. The van der Waals surface area contributed by atoms with Crippen LogP contribution in [0.2, 0.25) is 0 Å². The molecule has 22 heavy (non-hydrogen) atoms. The molecule has 0 saturated carbocycles. The quantitative estimate of drug-likeness (QED) is 0.874. The van der Waals surface area contributed by atoms with Gasteiger partial charge in [0.2, 0.25) is 0 Å². The van der Waals surface area contributed by atoms with Crippen LogP contribution >= 0.6 is 27.3 Å². The van der Waals surface area contributed by atoms with E-state index in [1.807, 2.05) is 36.2 Å². The molecule has 1 aliphatic rings. The molecule has 3 nitrogen and oxygen atoms in total. The fourth-order valence-corrected chi connectivity index (χ4v) is 3.99. The number of hydrogen-bond acceptors (Lipinski definition) is 3. The van der Waals surface area contributed by atoms with E-state index in [2.05, 4.69) is 33.4 Å². The fraction of sp³-hybridized carbons (Fsp3) is 0.353. The van der Waals surface area contributed by atoms with Crippen LogP contribution in [0.3, 0.4) is 0 Å². The number of likely N-dealkylation sites (tertiary alicyclic amines) is 1. The Morgan fingerprint density at radius 1 is 1.18 bits per heavy atom. The van der Waals surface area contributed by atoms with Gasteiger partial charge in [-0.3, -0.25) is 4.79 Å². The highest BCUT2D eigenvalue weighted by Gasteiger charge is 2.23. The summed E-state index contributed by atoms with van der Waals surface area (Å²) in [4.78, 5) is 16.6. The second kappa shape index (κ2) is 6.94.